The number of hydrogen-bond donors (Lipinski definition) is 1. The van der Waals surface area contributed by atoms with Crippen LogP contribution in [0.3, 0.4) is 0 Å². The van der Waals surface area contributed by atoms with Crippen molar-refractivity contribution in [2.75, 3.05) is 0 Å². The van der Waals surface area contributed by atoms with E-state index in [4.69, 9.17) is 11.6 Å². The quantitative estimate of drug-likeness (QED) is 0.932. The summed E-state index contributed by atoms with van der Waals surface area (Å²) in [6, 6.07) is 8.26. The lowest BCUT2D eigenvalue weighted by Gasteiger charge is -2.06. The Bertz CT molecular complexity index is 534. The van der Waals surface area contributed by atoms with Gasteiger partial charge in [-0.1, -0.05) is 39.7 Å². The lowest BCUT2D eigenvalue weighted by molar-refractivity contribution is 0.625. The van der Waals surface area contributed by atoms with Crippen LogP contribution in [0.5, 0.6) is 0 Å². The van der Waals surface area contributed by atoms with E-state index in [9.17, 15) is 0 Å². The summed E-state index contributed by atoms with van der Waals surface area (Å²) in [5.41, 5.74) is 3.14. The van der Waals surface area contributed by atoms with Crippen molar-refractivity contribution >= 4 is 27.5 Å². The van der Waals surface area contributed by atoms with Crippen molar-refractivity contribution in [1.82, 2.24) is 15.1 Å². The molecule has 2 rings (SSSR count). The number of rotatable bonds is 4. The van der Waals surface area contributed by atoms with Gasteiger partial charge in [-0.3, -0.25) is 4.68 Å². The average molecular weight is 329 g/mol. The largest absolute Gasteiger partial charge is 0.307 e. The first-order valence-corrected chi connectivity index (χ1v) is 6.88. The lowest BCUT2D eigenvalue weighted by Crippen LogP contribution is -2.15. The number of nitrogens with one attached hydrogen (secondary N) is 1. The zero-order chi connectivity index (χ0) is 13.1. The Balaban J connectivity index is 1.94. The van der Waals surface area contributed by atoms with Gasteiger partial charge < -0.3 is 5.32 Å². The highest BCUT2D eigenvalue weighted by Crippen LogP contribution is 2.19. The molecule has 1 aromatic heterocycles. The van der Waals surface area contributed by atoms with Crippen molar-refractivity contribution < 1.29 is 0 Å². The third kappa shape index (κ3) is 3.13. The van der Waals surface area contributed by atoms with Crippen molar-refractivity contribution in [1.29, 1.82) is 0 Å². The van der Waals surface area contributed by atoms with Crippen LogP contribution in [0.25, 0.3) is 0 Å². The maximum absolute atomic E-state index is 6.19. The molecule has 2 aromatic rings. The van der Waals surface area contributed by atoms with Gasteiger partial charge >= 0.3 is 0 Å². The van der Waals surface area contributed by atoms with Crippen LogP contribution in [0.4, 0.5) is 0 Å². The van der Waals surface area contributed by atoms with Gasteiger partial charge in [-0.25, -0.2) is 0 Å². The van der Waals surface area contributed by atoms with Gasteiger partial charge in [0.15, 0.2) is 0 Å². The molecule has 0 bridgehead atoms. The van der Waals surface area contributed by atoms with E-state index >= 15 is 0 Å². The number of halogens is 2. The predicted octanol–water partition coefficient (Wildman–Crippen LogP) is 3.43. The molecular weight excluding hydrogens is 314 g/mol. The Morgan fingerprint density at radius 3 is 2.50 bits per heavy atom. The maximum Gasteiger partial charge on any atom is 0.0860 e. The van der Waals surface area contributed by atoms with Gasteiger partial charge in [0, 0.05) is 24.6 Å². The topological polar surface area (TPSA) is 29.9 Å². The molecule has 96 valence electrons. The highest BCUT2D eigenvalue weighted by Gasteiger charge is 2.09. The van der Waals surface area contributed by atoms with Gasteiger partial charge in [0.2, 0.25) is 0 Å². The normalized spacial score (nSPS) is 10.9. The second kappa shape index (κ2) is 5.87. The molecule has 0 aliphatic heterocycles. The highest BCUT2D eigenvalue weighted by molar-refractivity contribution is 9.10. The minimum Gasteiger partial charge on any atom is -0.307 e. The summed E-state index contributed by atoms with van der Waals surface area (Å²) in [4.78, 5) is 0. The first-order chi connectivity index (χ1) is 8.58. The number of aromatic nitrogens is 2. The molecule has 1 aromatic carbocycles. The molecular formula is C13H15BrClN3. The van der Waals surface area contributed by atoms with Gasteiger partial charge in [0.05, 0.1) is 16.4 Å². The molecule has 0 aliphatic rings. The standard InChI is InChI=1S/C13H15BrClN3/c1-9-13(15)12(18(2)17-9)8-16-7-10-3-5-11(14)6-4-10/h3-6,16H,7-8H2,1-2H3. The summed E-state index contributed by atoms with van der Waals surface area (Å²) < 4.78 is 2.92. The Morgan fingerprint density at radius 1 is 1.28 bits per heavy atom. The van der Waals surface area contributed by atoms with E-state index in [0.29, 0.717) is 6.54 Å². The van der Waals surface area contributed by atoms with Crippen molar-refractivity contribution in [3.63, 3.8) is 0 Å². The van der Waals surface area contributed by atoms with Gasteiger partial charge in [0.25, 0.3) is 0 Å². The van der Waals surface area contributed by atoms with Gasteiger partial charge in [0.1, 0.15) is 0 Å². The molecule has 0 atom stereocenters. The molecule has 3 nitrogen and oxygen atoms in total. The first-order valence-electron chi connectivity index (χ1n) is 5.71. The van der Waals surface area contributed by atoms with Crippen molar-refractivity contribution in [2.45, 2.75) is 20.0 Å². The SMILES string of the molecule is Cc1nn(C)c(CNCc2ccc(Br)cc2)c1Cl. The van der Waals surface area contributed by atoms with Crippen LogP contribution < -0.4 is 5.32 Å². The van der Waals surface area contributed by atoms with E-state index in [0.717, 1.165) is 27.4 Å². The van der Waals surface area contributed by atoms with Crippen LogP contribution in [0, 0.1) is 6.92 Å². The molecule has 0 saturated heterocycles. The molecule has 0 saturated carbocycles. The van der Waals surface area contributed by atoms with E-state index in [-0.39, 0.29) is 0 Å². The van der Waals surface area contributed by atoms with Crippen LogP contribution in [0.2, 0.25) is 5.02 Å². The molecule has 5 heteroatoms. The van der Waals surface area contributed by atoms with Crippen LogP contribution in [-0.4, -0.2) is 9.78 Å². The molecule has 0 amide bonds. The Kier molecular flexibility index (Phi) is 4.43. The number of hydrogen-bond acceptors (Lipinski definition) is 2. The smallest absolute Gasteiger partial charge is 0.0860 e. The third-order valence-electron chi connectivity index (χ3n) is 2.80. The lowest BCUT2D eigenvalue weighted by atomic mass is 10.2. The summed E-state index contributed by atoms with van der Waals surface area (Å²) in [5, 5.41) is 8.41. The van der Waals surface area contributed by atoms with E-state index in [1.54, 1.807) is 0 Å². The first kappa shape index (κ1) is 13.6. The maximum atomic E-state index is 6.19. The summed E-state index contributed by atoms with van der Waals surface area (Å²) in [5.74, 6) is 0. The molecule has 0 fully saturated rings. The number of aryl methyl sites for hydroxylation is 2. The average Bonchev–Trinajstić information content (AvgIpc) is 2.58. The van der Waals surface area contributed by atoms with Crippen LogP contribution in [0.15, 0.2) is 28.7 Å². The van der Waals surface area contributed by atoms with Crippen LogP contribution in [0.1, 0.15) is 17.0 Å². The van der Waals surface area contributed by atoms with E-state index in [1.807, 2.05) is 30.8 Å². The Hall–Kier alpha value is -0.840. The monoisotopic (exact) mass is 327 g/mol. The van der Waals surface area contributed by atoms with Crippen LogP contribution >= 0.6 is 27.5 Å². The van der Waals surface area contributed by atoms with Gasteiger partial charge in [-0.2, -0.15) is 5.10 Å². The molecule has 18 heavy (non-hydrogen) atoms. The predicted molar refractivity (Wildman–Crippen MR) is 77.6 cm³/mol. The third-order valence-corrected chi connectivity index (χ3v) is 3.82. The molecule has 1 heterocycles. The van der Waals surface area contributed by atoms with Gasteiger partial charge in [-0.05, 0) is 24.6 Å². The molecule has 0 spiro atoms. The summed E-state index contributed by atoms with van der Waals surface area (Å²) in [6.07, 6.45) is 0. The molecule has 0 unspecified atom stereocenters. The van der Waals surface area contributed by atoms with Gasteiger partial charge in [-0.15, -0.1) is 0 Å². The summed E-state index contributed by atoms with van der Waals surface area (Å²) in [7, 11) is 1.91. The summed E-state index contributed by atoms with van der Waals surface area (Å²) >= 11 is 9.61. The Morgan fingerprint density at radius 2 is 1.94 bits per heavy atom. The fourth-order valence-corrected chi connectivity index (χ4v) is 2.29. The molecule has 0 radical (unpaired) electrons. The molecule has 1 N–H and O–H groups in total. The van der Waals surface area contributed by atoms with Crippen molar-refractivity contribution in [3.05, 3.63) is 50.7 Å². The van der Waals surface area contributed by atoms with E-state index in [2.05, 4.69) is 38.5 Å². The minimum absolute atomic E-state index is 0.715. The van der Waals surface area contributed by atoms with E-state index in [1.165, 1.54) is 5.56 Å². The second-order valence-corrected chi connectivity index (χ2v) is 5.49. The highest BCUT2D eigenvalue weighted by atomic mass is 79.9. The fraction of sp³-hybridized carbons (Fsp3) is 0.308. The Labute approximate surface area is 120 Å². The molecule has 0 aliphatic carbocycles. The zero-order valence-corrected chi connectivity index (χ0v) is 12.7. The second-order valence-electron chi connectivity index (χ2n) is 4.20. The fourth-order valence-electron chi connectivity index (χ4n) is 1.80. The number of benzene rings is 1. The summed E-state index contributed by atoms with van der Waals surface area (Å²) in [6.45, 7) is 3.45. The van der Waals surface area contributed by atoms with E-state index < -0.39 is 0 Å². The van der Waals surface area contributed by atoms with Crippen molar-refractivity contribution in [2.24, 2.45) is 7.05 Å². The minimum atomic E-state index is 0.715. The zero-order valence-electron chi connectivity index (χ0n) is 10.4. The van der Waals surface area contributed by atoms with Crippen molar-refractivity contribution in [3.8, 4) is 0 Å². The number of nitrogens with zero attached hydrogens (tertiary/aromatic N) is 2. The van der Waals surface area contributed by atoms with Crippen LogP contribution in [-0.2, 0) is 20.1 Å².